The van der Waals surface area contributed by atoms with Crippen LogP contribution in [0.5, 0.6) is 0 Å². The van der Waals surface area contributed by atoms with Gasteiger partial charge in [-0.2, -0.15) is 0 Å². The summed E-state index contributed by atoms with van der Waals surface area (Å²) in [5.41, 5.74) is 8.78. The average Bonchev–Trinajstić information content (AvgIpc) is 2.93. The van der Waals surface area contributed by atoms with Gasteiger partial charge in [-0.3, -0.25) is 0 Å². The maximum Gasteiger partial charge on any atom is 0.0948 e. The van der Waals surface area contributed by atoms with Crippen LogP contribution in [0.25, 0.3) is 0 Å². The molecule has 0 radical (unpaired) electrons. The summed E-state index contributed by atoms with van der Waals surface area (Å²) >= 11 is 0. The van der Waals surface area contributed by atoms with Crippen LogP contribution in [0.4, 0.5) is 0 Å². The molecule has 1 aromatic heterocycles. The highest BCUT2D eigenvalue weighted by Crippen LogP contribution is 2.17. The van der Waals surface area contributed by atoms with Gasteiger partial charge >= 0.3 is 0 Å². The molecule has 1 aromatic carbocycles. The number of nitrogens with zero attached hydrogens (tertiary/aromatic N) is 2. The summed E-state index contributed by atoms with van der Waals surface area (Å²) in [6, 6.07) is 10.4. The summed E-state index contributed by atoms with van der Waals surface area (Å²) in [5.74, 6) is 0.785. The maximum absolute atomic E-state index is 6.36. The van der Waals surface area contributed by atoms with E-state index in [2.05, 4.69) is 47.7 Å². The Labute approximate surface area is 128 Å². The second-order valence-corrected chi connectivity index (χ2v) is 6.20. The smallest absolute Gasteiger partial charge is 0.0948 e. The molecule has 3 heteroatoms. The molecule has 0 aliphatic heterocycles. The van der Waals surface area contributed by atoms with Gasteiger partial charge in [-0.1, -0.05) is 57.0 Å². The van der Waals surface area contributed by atoms with E-state index in [9.17, 15) is 0 Å². The van der Waals surface area contributed by atoms with Crippen LogP contribution in [0, 0.1) is 5.92 Å². The normalized spacial score (nSPS) is 12.8. The van der Waals surface area contributed by atoms with Gasteiger partial charge in [0.25, 0.3) is 0 Å². The summed E-state index contributed by atoms with van der Waals surface area (Å²) in [6.45, 7) is 5.57. The Balaban J connectivity index is 1.89. The maximum atomic E-state index is 6.36. The van der Waals surface area contributed by atoms with Gasteiger partial charge in [0.2, 0.25) is 0 Å². The van der Waals surface area contributed by atoms with Crippen molar-refractivity contribution in [2.45, 2.75) is 52.1 Å². The summed E-state index contributed by atoms with van der Waals surface area (Å²) in [6.07, 6.45) is 8.44. The lowest BCUT2D eigenvalue weighted by Crippen LogP contribution is -2.17. The number of hydrogen-bond donors (Lipinski definition) is 1. The zero-order valence-corrected chi connectivity index (χ0v) is 13.2. The molecule has 0 unspecified atom stereocenters. The Morgan fingerprint density at radius 2 is 1.90 bits per heavy atom. The summed E-state index contributed by atoms with van der Waals surface area (Å²) in [7, 11) is 0. The summed E-state index contributed by atoms with van der Waals surface area (Å²) < 4.78 is 2.22. The van der Waals surface area contributed by atoms with Crippen LogP contribution in [0.1, 0.15) is 50.4 Å². The highest BCUT2D eigenvalue weighted by molar-refractivity contribution is 5.18. The van der Waals surface area contributed by atoms with E-state index in [1.54, 1.807) is 0 Å². The Morgan fingerprint density at radius 1 is 1.14 bits per heavy atom. The van der Waals surface area contributed by atoms with E-state index in [0.717, 1.165) is 24.6 Å². The first kappa shape index (κ1) is 15.8. The highest BCUT2D eigenvalue weighted by Gasteiger charge is 2.12. The van der Waals surface area contributed by atoms with Crippen LogP contribution in [0.15, 0.2) is 42.9 Å². The fraction of sp³-hybridized carbons (Fsp3) is 0.500. The molecule has 0 amide bonds. The number of benzene rings is 1. The minimum absolute atomic E-state index is 0.0139. The summed E-state index contributed by atoms with van der Waals surface area (Å²) in [4.78, 5) is 4.28. The molecule has 1 heterocycles. The number of aromatic nitrogens is 2. The zero-order valence-electron chi connectivity index (χ0n) is 13.2. The molecule has 0 fully saturated rings. The highest BCUT2D eigenvalue weighted by atomic mass is 15.1. The quantitative estimate of drug-likeness (QED) is 0.746. The van der Waals surface area contributed by atoms with Crippen LogP contribution in [0.2, 0.25) is 0 Å². The molecule has 0 saturated heterocycles. The molecular formula is C18H27N3. The number of hydrogen-bond acceptors (Lipinski definition) is 2. The first-order valence-electron chi connectivity index (χ1n) is 7.96. The minimum Gasteiger partial charge on any atom is -0.333 e. The van der Waals surface area contributed by atoms with Gasteiger partial charge in [0, 0.05) is 12.7 Å². The molecule has 0 saturated carbocycles. The lowest BCUT2D eigenvalue weighted by molar-refractivity contribution is 0.497. The van der Waals surface area contributed by atoms with E-state index in [-0.39, 0.29) is 6.04 Å². The number of unbranched alkanes of at least 4 members (excludes halogenated alkanes) is 1. The fourth-order valence-corrected chi connectivity index (χ4v) is 2.63. The average molecular weight is 285 g/mol. The molecule has 1 atom stereocenters. The zero-order chi connectivity index (χ0) is 15.1. The molecule has 0 spiro atoms. The van der Waals surface area contributed by atoms with Gasteiger partial charge in [-0.05, 0) is 24.3 Å². The van der Waals surface area contributed by atoms with Crippen molar-refractivity contribution in [3.05, 3.63) is 54.1 Å². The van der Waals surface area contributed by atoms with Gasteiger partial charge in [0.1, 0.15) is 0 Å². The van der Waals surface area contributed by atoms with E-state index >= 15 is 0 Å². The molecule has 0 aliphatic rings. The van der Waals surface area contributed by atoms with Crippen molar-refractivity contribution in [1.82, 2.24) is 9.55 Å². The van der Waals surface area contributed by atoms with Crippen LogP contribution in [0.3, 0.4) is 0 Å². The van der Waals surface area contributed by atoms with Crippen molar-refractivity contribution < 1.29 is 0 Å². The third-order valence-corrected chi connectivity index (χ3v) is 3.85. The Morgan fingerprint density at radius 3 is 2.62 bits per heavy atom. The van der Waals surface area contributed by atoms with E-state index in [1.807, 2.05) is 18.6 Å². The minimum atomic E-state index is 0.0139. The van der Waals surface area contributed by atoms with Crippen molar-refractivity contribution in [3.8, 4) is 0 Å². The molecule has 3 nitrogen and oxygen atoms in total. The van der Waals surface area contributed by atoms with Crippen molar-refractivity contribution in [1.29, 1.82) is 0 Å². The van der Waals surface area contributed by atoms with Crippen molar-refractivity contribution >= 4 is 0 Å². The molecule has 0 bridgehead atoms. The van der Waals surface area contributed by atoms with Crippen LogP contribution < -0.4 is 5.73 Å². The molecule has 21 heavy (non-hydrogen) atoms. The van der Waals surface area contributed by atoms with Crippen molar-refractivity contribution in [3.63, 3.8) is 0 Å². The van der Waals surface area contributed by atoms with Crippen LogP contribution in [-0.2, 0) is 13.0 Å². The molecule has 2 N–H and O–H groups in total. The van der Waals surface area contributed by atoms with E-state index in [0.29, 0.717) is 0 Å². The third-order valence-electron chi connectivity index (χ3n) is 3.85. The lowest BCUT2D eigenvalue weighted by Gasteiger charge is -2.15. The Kier molecular flexibility index (Phi) is 6.00. The molecule has 114 valence electrons. The standard InChI is InChI=1S/C18H27N3/c1-15(2)8-6-7-11-21-14-20-13-18(21)17(19)12-16-9-4-3-5-10-16/h3-5,9-10,13-15,17H,6-8,11-12,19H2,1-2H3/t17-/m1/s1. The first-order valence-corrected chi connectivity index (χ1v) is 7.96. The Bertz CT molecular complexity index is 516. The van der Waals surface area contributed by atoms with Gasteiger partial charge in [-0.15, -0.1) is 0 Å². The predicted molar refractivity (Wildman–Crippen MR) is 88.0 cm³/mol. The second-order valence-electron chi connectivity index (χ2n) is 6.20. The van der Waals surface area contributed by atoms with Gasteiger partial charge < -0.3 is 10.3 Å². The third kappa shape index (κ3) is 5.01. The summed E-state index contributed by atoms with van der Waals surface area (Å²) in [5, 5.41) is 0. The Hall–Kier alpha value is -1.61. The number of aryl methyl sites for hydroxylation is 1. The van der Waals surface area contributed by atoms with Gasteiger partial charge in [0.15, 0.2) is 0 Å². The number of nitrogens with two attached hydrogens (primary N) is 1. The van der Waals surface area contributed by atoms with Gasteiger partial charge in [-0.25, -0.2) is 4.98 Å². The van der Waals surface area contributed by atoms with Crippen LogP contribution in [-0.4, -0.2) is 9.55 Å². The molecule has 0 aliphatic carbocycles. The van der Waals surface area contributed by atoms with Crippen molar-refractivity contribution in [2.75, 3.05) is 0 Å². The molecule has 2 aromatic rings. The van der Waals surface area contributed by atoms with E-state index in [1.165, 1.54) is 24.8 Å². The number of imidazole rings is 1. The largest absolute Gasteiger partial charge is 0.333 e. The van der Waals surface area contributed by atoms with Crippen LogP contribution >= 0.6 is 0 Å². The fourth-order valence-electron chi connectivity index (χ4n) is 2.63. The van der Waals surface area contributed by atoms with E-state index in [4.69, 9.17) is 5.73 Å². The van der Waals surface area contributed by atoms with Crippen molar-refractivity contribution in [2.24, 2.45) is 11.7 Å². The SMILES string of the molecule is CC(C)CCCCn1cncc1[C@H](N)Cc1ccccc1. The van der Waals surface area contributed by atoms with Gasteiger partial charge in [0.05, 0.1) is 18.1 Å². The molecule has 2 rings (SSSR count). The van der Waals surface area contributed by atoms with E-state index < -0.39 is 0 Å². The first-order chi connectivity index (χ1) is 10.2. The number of rotatable bonds is 8. The predicted octanol–water partition coefficient (Wildman–Crippen LogP) is 3.95. The second kappa shape index (κ2) is 7.99. The molecular weight excluding hydrogens is 258 g/mol. The lowest BCUT2D eigenvalue weighted by atomic mass is 10.0. The monoisotopic (exact) mass is 285 g/mol. The topological polar surface area (TPSA) is 43.8 Å².